The first-order valence-electron chi connectivity index (χ1n) is 13.6. The largest absolute Gasteiger partial charge is 0.459 e. The van der Waals surface area contributed by atoms with E-state index in [9.17, 15) is 19.8 Å². The molecule has 1 aromatic heterocycles. The Labute approximate surface area is 212 Å². The maximum Gasteiger partial charge on any atom is 0.339 e. The van der Waals surface area contributed by atoms with Crippen LogP contribution in [0.2, 0.25) is 0 Å². The molecule has 6 rings (SSSR count). The number of aliphatic hydroxyl groups excluding tert-OH is 1. The zero-order valence-corrected chi connectivity index (χ0v) is 21.2. The molecule has 4 fully saturated rings. The van der Waals surface area contributed by atoms with Crippen molar-refractivity contribution in [3.63, 3.8) is 0 Å². The van der Waals surface area contributed by atoms with Crippen LogP contribution in [0.4, 0.5) is 0 Å². The molecular weight excluding hydrogens is 458 g/mol. The van der Waals surface area contributed by atoms with Gasteiger partial charge in [0.2, 0.25) is 0 Å². The number of hydrogen-bond donors (Lipinski definition) is 2. The predicted octanol–water partition coefficient (Wildman–Crippen LogP) is 3.83. The van der Waals surface area contributed by atoms with E-state index in [0.717, 1.165) is 44.1 Å². The van der Waals surface area contributed by atoms with Crippen LogP contribution in [0.25, 0.3) is 0 Å². The molecule has 1 aliphatic heterocycles. The number of pyridine rings is 1. The molecule has 0 unspecified atom stereocenters. The van der Waals surface area contributed by atoms with Crippen LogP contribution in [0.3, 0.4) is 0 Å². The number of cyclic esters (lactones) is 1. The summed E-state index contributed by atoms with van der Waals surface area (Å²) in [6.07, 6.45) is 10.5. The van der Waals surface area contributed by atoms with Crippen molar-refractivity contribution in [1.82, 2.24) is 4.98 Å². The smallest absolute Gasteiger partial charge is 0.339 e. The number of carbonyl (C=O) groups is 2. The molecule has 4 aliphatic carbocycles. The standard InChI is InChI=1S/C29H37NO6/c1-27-9-7-20(36-26(33)17-4-3-11-30-15-17)13-19(27)5-6-22-23(27)14-24(31)28(2)21(8-10-29(22,28)34)18-12-25(32)35-16-18/h3-4,11-12,15,19-24,31,34H,5-10,13-14,16H2,1-2H3/t19-,20-,21-,22+,23+,24+,27-,28-,29+/m0/s1. The summed E-state index contributed by atoms with van der Waals surface area (Å²) in [7, 11) is 0. The minimum absolute atomic E-state index is 0.0119. The maximum absolute atomic E-state index is 12.6. The third-order valence-electron chi connectivity index (χ3n) is 11.2. The normalized spacial score (nSPS) is 45.7. The molecule has 9 atom stereocenters. The van der Waals surface area contributed by atoms with Crippen molar-refractivity contribution in [3.05, 3.63) is 41.7 Å². The monoisotopic (exact) mass is 495 g/mol. The number of nitrogens with zero attached hydrogens (tertiary/aromatic N) is 1. The zero-order chi connectivity index (χ0) is 25.3. The van der Waals surface area contributed by atoms with Gasteiger partial charge in [-0.2, -0.15) is 0 Å². The minimum atomic E-state index is -0.968. The van der Waals surface area contributed by atoms with E-state index in [4.69, 9.17) is 9.47 Å². The van der Waals surface area contributed by atoms with Crippen molar-refractivity contribution in [2.24, 2.45) is 34.5 Å². The lowest BCUT2D eigenvalue weighted by Gasteiger charge is -2.65. The van der Waals surface area contributed by atoms with E-state index in [2.05, 4.69) is 11.9 Å². The third-order valence-corrected chi connectivity index (χ3v) is 11.2. The molecule has 7 heteroatoms. The van der Waals surface area contributed by atoms with Crippen molar-refractivity contribution in [3.8, 4) is 0 Å². The van der Waals surface area contributed by atoms with Gasteiger partial charge < -0.3 is 19.7 Å². The Morgan fingerprint density at radius 1 is 1.14 bits per heavy atom. The molecule has 7 nitrogen and oxygen atoms in total. The Morgan fingerprint density at radius 3 is 2.69 bits per heavy atom. The summed E-state index contributed by atoms with van der Waals surface area (Å²) in [6.45, 7) is 4.65. The third kappa shape index (κ3) is 3.34. The second-order valence-electron chi connectivity index (χ2n) is 12.4. The van der Waals surface area contributed by atoms with Crippen LogP contribution in [-0.4, -0.2) is 51.6 Å². The highest BCUT2D eigenvalue weighted by molar-refractivity contribution is 5.89. The van der Waals surface area contributed by atoms with Crippen molar-refractivity contribution in [1.29, 1.82) is 0 Å². The molecule has 4 saturated carbocycles. The minimum Gasteiger partial charge on any atom is -0.459 e. The Kier molecular flexibility index (Phi) is 5.61. The summed E-state index contributed by atoms with van der Waals surface area (Å²) >= 11 is 0. The Morgan fingerprint density at radius 2 is 1.97 bits per heavy atom. The lowest BCUT2D eigenvalue weighted by molar-refractivity contribution is -0.244. The van der Waals surface area contributed by atoms with E-state index < -0.39 is 17.1 Å². The summed E-state index contributed by atoms with van der Waals surface area (Å²) in [5, 5.41) is 24.0. The van der Waals surface area contributed by atoms with E-state index in [0.29, 0.717) is 24.3 Å². The van der Waals surface area contributed by atoms with Crippen molar-refractivity contribution in [2.75, 3.05) is 6.61 Å². The molecule has 0 bridgehead atoms. The van der Waals surface area contributed by atoms with Gasteiger partial charge in [-0.3, -0.25) is 4.98 Å². The van der Waals surface area contributed by atoms with E-state index in [1.807, 2.05) is 6.92 Å². The van der Waals surface area contributed by atoms with E-state index in [1.54, 1.807) is 30.6 Å². The van der Waals surface area contributed by atoms with Gasteiger partial charge in [-0.05, 0) is 98.2 Å². The fourth-order valence-corrected chi connectivity index (χ4v) is 9.16. The molecule has 36 heavy (non-hydrogen) atoms. The number of ether oxygens (including phenoxy) is 2. The average molecular weight is 496 g/mol. The molecule has 0 saturated heterocycles. The lowest BCUT2D eigenvalue weighted by Crippen LogP contribution is -2.67. The van der Waals surface area contributed by atoms with E-state index >= 15 is 0 Å². The number of aliphatic hydroxyl groups is 2. The number of esters is 2. The fourth-order valence-electron chi connectivity index (χ4n) is 9.16. The zero-order valence-electron chi connectivity index (χ0n) is 21.2. The van der Waals surface area contributed by atoms with Gasteiger partial charge in [0.25, 0.3) is 0 Å². The molecule has 0 amide bonds. The summed E-state index contributed by atoms with van der Waals surface area (Å²) in [5.74, 6) is 0.0439. The van der Waals surface area contributed by atoms with Crippen LogP contribution in [0, 0.1) is 34.5 Å². The molecule has 5 aliphatic rings. The number of carbonyl (C=O) groups excluding carboxylic acids is 2. The quantitative estimate of drug-likeness (QED) is 0.614. The topological polar surface area (TPSA) is 106 Å². The SMILES string of the molecule is C[C@]12CC[C@H](OC(=O)c3cccnc3)C[C@@H]1CC[C@@H]1[C@H]2C[C@@H](O)[C@]2(C)[C@H](C3=CC(=O)OC3)CC[C@@]12O. The molecule has 194 valence electrons. The van der Waals surface area contributed by atoms with Gasteiger partial charge in [-0.15, -0.1) is 0 Å². The highest BCUT2D eigenvalue weighted by Gasteiger charge is 2.70. The Hall–Kier alpha value is -2.25. The molecule has 2 heterocycles. The van der Waals surface area contributed by atoms with Crippen LogP contribution in [0.15, 0.2) is 36.2 Å². The van der Waals surface area contributed by atoms with Crippen LogP contribution in [0.1, 0.15) is 75.6 Å². The second-order valence-corrected chi connectivity index (χ2v) is 12.4. The Balaban J connectivity index is 1.21. The molecular formula is C29H37NO6. The number of rotatable bonds is 3. The summed E-state index contributed by atoms with van der Waals surface area (Å²) in [4.78, 5) is 28.4. The van der Waals surface area contributed by atoms with Crippen LogP contribution in [0.5, 0.6) is 0 Å². The van der Waals surface area contributed by atoms with Crippen LogP contribution in [-0.2, 0) is 14.3 Å². The fraction of sp³-hybridized carbons (Fsp3) is 0.690. The van der Waals surface area contributed by atoms with Crippen LogP contribution >= 0.6 is 0 Å². The van der Waals surface area contributed by atoms with Gasteiger partial charge >= 0.3 is 11.9 Å². The number of aromatic nitrogens is 1. The Bertz CT molecular complexity index is 1090. The molecule has 0 aromatic carbocycles. The van der Waals surface area contributed by atoms with Gasteiger partial charge in [0.1, 0.15) is 12.7 Å². The van der Waals surface area contributed by atoms with Gasteiger partial charge in [0.15, 0.2) is 0 Å². The van der Waals surface area contributed by atoms with Gasteiger partial charge in [-0.25, -0.2) is 9.59 Å². The number of fused-ring (bicyclic) bond motifs is 5. The molecule has 1 aromatic rings. The summed E-state index contributed by atoms with van der Waals surface area (Å²) < 4.78 is 11.1. The van der Waals surface area contributed by atoms with E-state index in [-0.39, 0.29) is 47.8 Å². The molecule has 2 N–H and O–H groups in total. The van der Waals surface area contributed by atoms with E-state index in [1.165, 1.54) is 0 Å². The molecule has 0 spiro atoms. The highest BCUT2D eigenvalue weighted by Crippen LogP contribution is 2.70. The van der Waals surface area contributed by atoms with Crippen molar-refractivity contribution in [2.45, 2.75) is 83.0 Å². The maximum atomic E-state index is 12.6. The first kappa shape index (κ1) is 24.1. The van der Waals surface area contributed by atoms with Gasteiger partial charge in [0.05, 0.1) is 17.3 Å². The van der Waals surface area contributed by atoms with Crippen molar-refractivity contribution >= 4 is 11.9 Å². The average Bonchev–Trinajstić information content (AvgIpc) is 3.41. The second kappa shape index (κ2) is 8.38. The number of hydrogen-bond acceptors (Lipinski definition) is 7. The van der Waals surface area contributed by atoms with Gasteiger partial charge in [0, 0.05) is 23.9 Å². The first-order valence-corrected chi connectivity index (χ1v) is 13.6. The summed E-state index contributed by atoms with van der Waals surface area (Å²) in [5.41, 5.74) is -0.266. The highest BCUT2D eigenvalue weighted by atomic mass is 16.5. The predicted molar refractivity (Wildman–Crippen MR) is 131 cm³/mol. The van der Waals surface area contributed by atoms with Gasteiger partial charge in [-0.1, -0.05) is 13.8 Å². The lowest BCUT2D eigenvalue weighted by atomic mass is 9.42. The molecule has 0 radical (unpaired) electrons. The summed E-state index contributed by atoms with van der Waals surface area (Å²) in [6, 6.07) is 3.47. The van der Waals surface area contributed by atoms with Crippen molar-refractivity contribution < 1.29 is 29.3 Å². The van der Waals surface area contributed by atoms with Crippen LogP contribution < -0.4 is 0 Å². The first-order chi connectivity index (χ1) is 17.2.